The normalized spacial score (nSPS) is 10.0. The monoisotopic (exact) mass is 211 g/mol. The van der Waals surface area contributed by atoms with Crippen LogP contribution in [-0.2, 0) is 4.79 Å². The van der Waals surface area contributed by atoms with Gasteiger partial charge in [0.15, 0.2) is 5.82 Å². The average Bonchev–Trinajstić information content (AvgIpc) is 2.61. The summed E-state index contributed by atoms with van der Waals surface area (Å²) in [4.78, 5) is 11.2. The lowest BCUT2D eigenvalue weighted by atomic mass is 10.3. The lowest BCUT2D eigenvalue weighted by molar-refractivity contribution is -0.120. The highest BCUT2D eigenvalue weighted by molar-refractivity contribution is 5.76. The number of hydrogen-bond acceptors (Lipinski definition) is 4. The molecule has 0 aliphatic carbocycles. The van der Waals surface area contributed by atoms with E-state index in [1.165, 1.54) is 0 Å². The van der Waals surface area contributed by atoms with E-state index in [-0.39, 0.29) is 5.91 Å². The van der Waals surface area contributed by atoms with Gasteiger partial charge < -0.3 is 15.2 Å². The van der Waals surface area contributed by atoms with E-state index in [2.05, 4.69) is 15.8 Å². The summed E-state index contributed by atoms with van der Waals surface area (Å²) in [6.45, 7) is 5.16. The molecule has 1 aromatic heterocycles. The van der Waals surface area contributed by atoms with Crippen LogP contribution in [-0.4, -0.2) is 24.2 Å². The predicted octanol–water partition coefficient (Wildman–Crippen LogP) is 1.31. The summed E-state index contributed by atoms with van der Waals surface area (Å²) in [5.74, 6) is 1.49. The lowest BCUT2D eigenvalue weighted by Crippen LogP contribution is -2.25. The molecular weight excluding hydrogens is 194 g/mol. The van der Waals surface area contributed by atoms with Crippen molar-refractivity contribution < 1.29 is 9.32 Å². The Bertz CT molecular complexity index is 309. The van der Waals surface area contributed by atoms with Gasteiger partial charge in [-0.05, 0) is 13.3 Å². The van der Waals surface area contributed by atoms with Crippen molar-refractivity contribution in [3.05, 3.63) is 11.8 Å². The second-order valence-corrected chi connectivity index (χ2v) is 3.35. The third kappa shape index (κ3) is 4.49. The largest absolute Gasteiger partial charge is 0.367 e. The third-order valence-electron chi connectivity index (χ3n) is 1.86. The minimum absolute atomic E-state index is 0.0598. The van der Waals surface area contributed by atoms with Gasteiger partial charge in [0.25, 0.3) is 0 Å². The lowest BCUT2D eigenvalue weighted by Gasteiger charge is -2.03. The number of carbonyl (C=O) groups is 1. The molecule has 15 heavy (non-hydrogen) atoms. The van der Waals surface area contributed by atoms with Crippen LogP contribution in [0.2, 0.25) is 0 Å². The molecule has 0 aromatic carbocycles. The van der Waals surface area contributed by atoms with E-state index in [4.69, 9.17) is 4.52 Å². The SMILES string of the molecule is CCCNC(=O)CCNc1cc(C)on1. The van der Waals surface area contributed by atoms with E-state index < -0.39 is 0 Å². The van der Waals surface area contributed by atoms with Crippen LogP contribution in [0.25, 0.3) is 0 Å². The van der Waals surface area contributed by atoms with Crippen LogP contribution in [0.5, 0.6) is 0 Å². The Morgan fingerprint density at radius 2 is 2.33 bits per heavy atom. The van der Waals surface area contributed by atoms with Crippen molar-refractivity contribution >= 4 is 11.7 Å². The van der Waals surface area contributed by atoms with Crippen molar-refractivity contribution in [1.82, 2.24) is 10.5 Å². The maximum Gasteiger partial charge on any atom is 0.221 e. The zero-order chi connectivity index (χ0) is 11.1. The number of aromatic nitrogens is 1. The zero-order valence-electron chi connectivity index (χ0n) is 9.17. The average molecular weight is 211 g/mol. The van der Waals surface area contributed by atoms with Gasteiger partial charge in [0.05, 0.1) is 0 Å². The summed E-state index contributed by atoms with van der Waals surface area (Å²) < 4.78 is 4.87. The van der Waals surface area contributed by atoms with Gasteiger partial charge in [-0.3, -0.25) is 4.79 Å². The Kier molecular flexibility index (Phi) is 4.66. The molecule has 2 N–H and O–H groups in total. The Morgan fingerprint density at radius 3 is 2.93 bits per heavy atom. The predicted molar refractivity (Wildman–Crippen MR) is 57.6 cm³/mol. The summed E-state index contributed by atoms with van der Waals surface area (Å²) in [5, 5.41) is 9.57. The van der Waals surface area contributed by atoms with Gasteiger partial charge in [-0.15, -0.1) is 0 Å². The van der Waals surface area contributed by atoms with Gasteiger partial charge in [-0.2, -0.15) is 0 Å². The molecule has 5 nitrogen and oxygen atoms in total. The molecule has 1 rings (SSSR count). The number of carbonyl (C=O) groups excluding carboxylic acids is 1. The number of aryl methyl sites for hydroxylation is 1. The zero-order valence-corrected chi connectivity index (χ0v) is 9.17. The molecule has 0 saturated carbocycles. The Balaban J connectivity index is 2.13. The van der Waals surface area contributed by atoms with E-state index >= 15 is 0 Å². The molecule has 1 heterocycles. The highest BCUT2D eigenvalue weighted by atomic mass is 16.5. The van der Waals surface area contributed by atoms with Crippen LogP contribution in [0, 0.1) is 6.92 Å². The number of amides is 1. The molecule has 1 aromatic rings. The van der Waals surface area contributed by atoms with Crippen LogP contribution in [0.4, 0.5) is 5.82 Å². The highest BCUT2D eigenvalue weighted by Crippen LogP contribution is 2.06. The van der Waals surface area contributed by atoms with Crippen LogP contribution < -0.4 is 10.6 Å². The van der Waals surface area contributed by atoms with Gasteiger partial charge >= 0.3 is 0 Å². The molecule has 84 valence electrons. The smallest absolute Gasteiger partial charge is 0.221 e. The van der Waals surface area contributed by atoms with Gasteiger partial charge in [0.2, 0.25) is 5.91 Å². The molecule has 0 unspecified atom stereocenters. The molecule has 0 aliphatic rings. The summed E-state index contributed by atoms with van der Waals surface area (Å²) in [6.07, 6.45) is 1.41. The molecular formula is C10H17N3O2. The van der Waals surface area contributed by atoms with Crippen molar-refractivity contribution in [3.8, 4) is 0 Å². The molecule has 0 spiro atoms. The van der Waals surface area contributed by atoms with Crippen molar-refractivity contribution in [3.63, 3.8) is 0 Å². The van der Waals surface area contributed by atoms with Gasteiger partial charge in [-0.1, -0.05) is 12.1 Å². The second kappa shape index (κ2) is 6.06. The number of nitrogens with one attached hydrogen (secondary N) is 2. The Hall–Kier alpha value is -1.52. The van der Waals surface area contributed by atoms with E-state index in [1.54, 1.807) is 6.07 Å². The van der Waals surface area contributed by atoms with Crippen molar-refractivity contribution in [1.29, 1.82) is 0 Å². The van der Waals surface area contributed by atoms with Crippen LogP contribution >= 0.6 is 0 Å². The summed E-state index contributed by atoms with van der Waals surface area (Å²) in [7, 11) is 0. The Labute approximate surface area is 89.2 Å². The first-order valence-corrected chi connectivity index (χ1v) is 5.16. The van der Waals surface area contributed by atoms with Gasteiger partial charge in [0.1, 0.15) is 5.76 Å². The van der Waals surface area contributed by atoms with E-state index in [9.17, 15) is 4.79 Å². The molecule has 0 aliphatic heterocycles. The minimum atomic E-state index is 0.0598. The number of nitrogens with zero attached hydrogens (tertiary/aromatic N) is 1. The van der Waals surface area contributed by atoms with Crippen molar-refractivity contribution in [2.75, 3.05) is 18.4 Å². The summed E-state index contributed by atoms with van der Waals surface area (Å²) >= 11 is 0. The summed E-state index contributed by atoms with van der Waals surface area (Å²) in [5.41, 5.74) is 0. The summed E-state index contributed by atoms with van der Waals surface area (Å²) in [6, 6.07) is 1.80. The fraction of sp³-hybridized carbons (Fsp3) is 0.600. The van der Waals surface area contributed by atoms with Crippen LogP contribution in [0.1, 0.15) is 25.5 Å². The Morgan fingerprint density at radius 1 is 1.53 bits per heavy atom. The first-order chi connectivity index (χ1) is 7.22. The fourth-order valence-electron chi connectivity index (χ4n) is 1.11. The molecule has 0 atom stereocenters. The topological polar surface area (TPSA) is 67.2 Å². The third-order valence-corrected chi connectivity index (χ3v) is 1.86. The number of hydrogen-bond donors (Lipinski definition) is 2. The molecule has 5 heteroatoms. The molecule has 1 amide bonds. The van der Waals surface area contributed by atoms with Crippen molar-refractivity contribution in [2.24, 2.45) is 0 Å². The number of anilines is 1. The fourth-order valence-corrected chi connectivity index (χ4v) is 1.11. The first kappa shape index (κ1) is 11.6. The second-order valence-electron chi connectivity index (χ2n) is 3.35. The maximum atomic E-state index is 11.2. The van der Waals surface area contributed by atoms with E-state index in [1.807, 2.05) is 13.8 Å². The molecule has 0 saturated heterocycles. The van der Waals surface area contributed by atoms with E-state index in [0.29, 0.717) is 18.8 Å². The van der Waals surface area contributed by atoms with E-state index in [0.717, 1.165) is 18.7 Å². The minimum Gasteiger partial charge on any atom is -0.367 e. The molecule has 0 fully saturated rings. The molecule has 0 radical (unpaired) electrons. The first-order valence-electron chi connectivity index (χ1n) is 5.16. The highest BCUT2D eigenvalue weighted by Gasteiger charge is 2.01. The molecule has 0 bridgehead atoms. The van der Waals surface area contributed by atoms with Crippen LogP contribution in [0.15, 0.2) is 10.6 Å². The van der Waals surface area contributed by atoms with Gasteiger partial charge in [0, 0.05) is 25.6 Å². The van der Waals surface area contributed by atoms with Crippen LogP contribution in [0.3, 0.4) is 0 Å². The maximum absolute atomic E-state index is 11.2. The number of rotatable bonds is 6. The van der Waals surface area contributed by atoms with Crippen molar-refractivity contribution in [2.45, 2.75) is 26.7 Å². The standard InChI is InChI=1S/C10H17N3O2/c1-3-5-12-10(14)4-6-11-9-7-8(2)15-13-9/h7H,3-6H2,1-2H3,(H,11,13)(H,12,14). The quantitative estimate of drug-likeness (QED) is 0.744. The van der Waals surface area contributed by atoms with Gasteiger partial charge in [-0.25, -0.2) is 0 Å².